The van der Waals surface area contributed by atoms with Crippen LogP contribution in [0.4, 0.5) is 0 Å². The van der Waals surface area contributed by atoms with E-state index in [9.17, 15) is 4.79 Å². The van der Waals surface area contributed by atoms with Crippen LogP contribution in [0.2, 0.25) is 0 Å². The van der Waals surface area contributed by atoms with Crippen LogP contribution in [0.3, 0.4) is 0 Å². The first-order valence-corrected chi connectivity index (χ1v) is 9.38. The van der Waals surface area contributed by atoms with Crippen LogP contribution in [0.5, 0.6) is 0 Å². The number of benzene rings is 1. The van der Waals surface area contributed by atoms with Crippen molar-refractivity contribution in [3.8, 4) is 0 Å². The number of nitrogens with zero attached hydrogens (tertiary/aromatic N) is 3. The summed E-state index contributed by atoms with van der Waals surface area (Å²) < 4.78 is 0. The summed E-state index contributed by atoms with van der Waals surface area (Å²) in [6.07, 6.45) is 1.42. The molecule has 4 rings (SSSR count). The van der Waals surface area contributed by atoms with Crippen molar-refractivity contribution >= 4 is 33.9 Å². The molecule has 0 spiro atoms. The van der Waals surface area contributed by atoms with Crippen LogP contribution in [0.25, 0.3) is 11.0 Å². The number of imidazole rings is 1. The molecule has 7 heteroatoms. The maximum Gasteiger partial charge on any atom is 0.226 e. The number of fused-ring (bicyclic) bond motifs is 2. The Morgan fingerprint density at radius 2 is 2.20 bits per heavy atom. The molecule has 130 valence electrons. The van der Waals surface area contributed by atoms with Gasteiger partial charge in [-0.3, -0.25) is 9.79 Å². The van der Waals surface area contributed by atoms with Gasteiger partial charge >= 0.3 is 0 Å². The highest BCUT2D eigenvalue weighted by Crippen LogP contribution is 2.30. The van der Waals surface area contributed by atoms with Gasteiger partial charge in [-0.05, 0) is 48.9 Å². The van der Waals surface area contributed by atoms with Crippen molar-refractivity contribution in [2.45, 2.75) is 33.2 Å². The molecular formula is C18H21N5OS. The van der Waals surface area contributed by atoms with Crippen LogP contribution in [-0.2, 0) is 11.3 Å². The van der Waals surface area contributed by atoms with E-state index in [2.05, 4.69) is 51.2 Å². The second-order valence-electron chi connectivity index (χ2n) is 6.49. The summed E-state index contributed by atoms with van der Waals surface area (Å²) >= 11 is 1.61. The summed E-state index contributed by atoms with van der Waals surface area (Å²) in [5, 5.41) is 6.03. The molecular weight excluding hydrogens is 334 g/mol. The van der Waals surface area contributed by atoms with Gasteiger partial charge in [0.1, 0.15) is 5.82 Å². The van der Waals surface area contributed by atoms with Crippen molar-refractivity contribution < 1.29 is 4.79 Å². The van der Waals surface area contributed by atoms with Gasteiger partial charge in [-0.1, -0.05) is 11.8 Å². The van der Waals surface area contributed by atoms with Gasteiger partial charge in [0, 0.05) is 18.8 Å². The van der Waals surface area contributed by atoms with Crippen LogP contribution < -0.4 is 5.32 Å². The lowest BCUT2D eigenvalue weighted by molar-refractivity contribution is -0.120. The molecule has 1 amide bonds. The number of thioether (sulfide) groups is 1. The molecule has 0 saturated carbocycles. The summed E-state index contributed by atoms with van der Waals surface area (Å²) in [5.74, 6) is 0.787. The quantitative estimate of drug-likeness (QED) is 0.884. The van der Waals surface area contributed by atoms with Gasteiger partial charge in [0.2, 0.25) is 5.91 Å². The van der Waals surface area contributed by atoms with E-state index in [1.54, 1.807) is 11.8 Å². The number of hydrogen-bond donors (Lipinski definition) is 2. The lowest BCUT2D eigenvalue weighted by atomic mass is 10.1. The summed E-state index contributed by atoms with van der Waals surface area (Å²) in [6, 6.07) is 4.17. The zero-order chi connectivity index (χ0) is 17.4. The highest BCUT2D eigenvalue weighted by Gasteiger charge is 2.26. The lowest BCUT2D eigenvalue weighted by Crippen LogP contribution is -2.32. The molecule has 0 unspecified atom stereocenters. The predicted octanol–water partition coefficient (Wildman–Crippen LogP) is 2.84. The number of aromatic amines is 1. The average Bonchev–Trinajstić information content (AvgIpc) is 3.18. The van der Waals surface area contributed by atoms with Gasteiger partial charge in [-0.15, -0.1) is 0 Å². The van der Waals surface area contributed by atoms with E-state index in [0.29, 0.717) is 13.0 Å². The number of nitrogens with one attached hydrogen (secondary N) is 2. The van der Waals surface area contributed by atoms with E-state index < -0.39 is 0 Å². The Balaban J connectivity index is 1.37. The van der Waals surface area contributed by atoms with Crippen molar-refractivity contribution in [1.82, 2.24) is 20.2 Å². The number of amidine groups is 1. The molecule has 2 aliphatic heterocycles. The highest BCUT2D eigenvalue weighted by atomic mass is 32.2. The number of aryl methyl sites for hydroxylation is 2. The zero-order valence-electron chi connectivity index (χ0n) is 14.4. The molecule has 6 nitrogen and oxygen atoms in total. The molecule has 0 saturated heterocycles. The number of hydrogen-bond acceptors (Lipinski definition) is 5. The third kappa shape index (κ3) is 3.28. The molecule has 0 radical (unpaired) electrons. The second kappa shape index (κ2) is 6.55. The smallest absolute Gasteiger partial charge is 0.226 e. The Kier molecular flexibility index (Phi) is 4.25. The predicted molar refractivity (Wildman–Crippen MR) is 101 cm³/mol. The summed E-state index contributed by atoms with van der Waals surface area (Å²) in [7, 11) is 0. The number of carbonyl (C=O) groups excluding carboxylic acids is 1. The lowest BCUT2D eigenvalue weighted by Gasteiger charge is -2.25. The first-order valence-electron chi connectivity index (χ1n) is 8.50. The fourth-order valence-corrected chi connectivity index (χ4v) is 4.04. The number of rotatable bonds is 4. The van der Waals surface area contributed by atoms with Crippen LogP contribution in [0, 0.1) is 13.8 Å². The monoisotopic (exact) mass is 355 g/mol. The van der Waals surface area contributed by atoms with E-state index in [4.69, 9.17) is 0 Å². The van der Waals surface area contributed by atoms with Gasteiger partial charge < -0.3 is 15.2 Å². The van der Waals surface area contributed by atoms with E-state index in [-0.39, 0.29) is 5.91 Å². The standard InChI is InChI=1S/C18H21N5OS/c1-11-6-14-15(7-12(11)2)22-16(21-14)9-20-17(24)8-13-10-25-18-19-4-3-5-23(13)18/h6-7,10H,3-5,8-9H2,1-2H3,(H,20,24)(H,21,22). The summed E-state index contributed by atoms with van der Waals surface area (Å²) in [5.41, 5.74) is 5.44. The molecule has 1 aromatic carbocycles. The van der Waals surface area contributed by atoms with Gasteiger partial charge in [0.25, 0.3) is 0 Å². The molecule has 25 heavy (non-hydrogen) atoms. The van der Waals surface area contributed by atoms with Crippen LogP contribution in [0.15, 0.2) is 28.2 Å². The van der Waals surface area contributed by atoms with Crippen LogP contribution in [0.1, 0.15) is 29.8 Å². The van der Waals surface area contributed by atoms with Gasteiger partial charge in [-0.25, -0.2) is 4.98 Å². The van der Waals surface area contributed by atoms with Gasteiger partial charge in [-0.2, -0.15) is 0 Å². The molecule has 0 bridgehead atoms. The minimum atomic E-state index is 0.00601. The molecule has 2 aliphatic rings. The molecule has 2 N–H and O–H groups in total. The first-order chi connectivity index (χ1) is 12.1. The Labute approximate surface area is 150 Å². The van der Waals surface area contributed by atoms with Crippen molar-refractivity contribution in [1.29, 1.82) is 0 Å². The average molecular weight is 355 g/mol. The molecule has 0 fully saturated rings. The zero-order valence-corrected chi connectivity index (χ0v) is 15.2. The molecule has 2 aromatic rings. The maximum atomic E-state index is 12.3. The third-order valence-corrected chi connectivity index (χ3v) is 5.56. The number of H-pyrrole nitrogens is 1. The Bertz CT molecular complexity index is 859. The van der Waals surface area contributed by atoms with Gasteiger partial charge in [0.15, 0.2) is 5.17 Å². The highest BCUT2D eigenvalue weighted by molar-refractivity contribution is 8.16. The Hall–Kier alpha value is -2.28. The van der Waals surface area contributed by atoms with Crippen LogP contribution >= 0.6 is 11.8 Å². The van der Waals surface area contributed by atoms with Crippen molar-refractivity contribution in [3.63, 3.8) is 0 Å². The fraction of sp³-hybridized carbons (Fsp3) is 0.389. The third-order valence-electron chi connectivity index (χ3n) is 4.61. The number of aromatic nitrogens is 2. The van der Waals surface area contributed by atoms with Crippen molar-refractivity contribution in [2.24, 2.45) is 4.99 Å². The van der Waals surface area contributed by atoms with E-state index in [1.165, 1.54) is 11.1 Å². The van der Waals surface area contributed by atoms with E-state index in [0.717, 1.165) is 47.2 Å². The molecule has 0 aliphatic carbocycles. The molecule has 0 atom stereocenters. The largest absolute Gasteiger partial charge is 0.349 e. The maximum absolute atomic E-state index is 12.3. The van der Waals surface area contributed by atoms with Crippen molar-refractivity contribution in [3.05, 3.63) is 40.2 Å². The number of aliphatic imine (C=N–C) groups is 1. The Morgan fingerprint density at radius 1 is 1.36 bits per heavy atom. The SMILES string of the molecule is Cc1cc2nc(CNC(=O)CC3=CSC4=NCCCN34)[nH]c2cc1C. The summed E-state index contributed by atoms with van der Waals surface area (Å²) in [6.45, 7) is 6.41. The molecule has 3 heterocycles. The van der Waals surface area contributed by atoms with E-state index >= 15 is 0 Å². The van der Waals surface area contributed by atoms with Crippen LogP contribution in [-0.4, -0.2) is 39.0 Å². The number of carbonyl (C=O) groups is 1. The number of amides is 1. The molecule has 1 aromatic heterocycles. The fourth-order valence-electron chi connectivity index (χ4n) is 3.09. The minimum Gasteiger partial charge on any atom is -0.349 e. The normalized spacial score (nSPS) is 16.6. The summed E-state index contributed by atoms with van der Waals surface area (Å²) in [4.78, 5) is 26.8. The van der Waals surface area contributed by atoms with Gasteiger partial charge in [0.05, 0.1) is 24.0 Å². The first kappa shape index (κ1) is 16.2. The topological polar surface area (TPSA) is 73.4 Å². The van der Waals surface area contributed by atoms with E-state index in [1.807, 2.05) is 5.41 Å². The minimum absolute atomic E-state index is 0.00601. The Morgan fingerprint density at radius 3 is 3.08 bits per heavy atom. The second-order valence-corrected chi connectivity index (χ2v) is 7.32. The van der Waals surface area contributed by atoms with Crippen molar-refractivity contribution in [2.75, 3.05) is 13.1 Å².